The van der Waals surface area contributed by atoms with E-state index in [9.17, 15) is 14.4 Å². The summed E-state index contributed by atoms with van der Waals surface area (Å²) < 4.78 is 5.21. The molecule has 0 aromatic rings. The molecule has 2 fully saturated rings. The van der Waals surface area contributed by atoms with E-state index in [1.165, 1.54) is 6.08 Å². The average molecular weight is 294 g/mol. The quantitative estimate of drug-likeness (QED) is 0.510. The van der Waals surface area contributed by atoms with E-state index in [4.69, 9.17) is 4.74 Å². The van der Waals surface area contributed by atoms with Crippen LogP contribution < -0.4 is 10.7 Å². The van der Waals surface area contributed by atoms with Crippen LogP contribution in [-0.2, 0) is 14.3 Å². The van der Waals surface area contributed by atoms with E-state index in [2.05, 4.69) is 23.9 Å². The van der Waals surface area contributed by atoms with Crippen molar-refractivity contribution in [2.45, 2.75) is 0 Å². The highest BCUT2D eigenvalue weighted by atomic mass is 16.5. The van der Waals surface area contributed by atoms with Gasteiger partial charge in [0.15, 0.2) is 5.92 Å². The first-order valence-electron chi connectivity index (χ1n) is 6.60. The number of morpholine rings is 1. The topological polar surface area (TPSA) is 91.0 Å². The van der Waals surface area contributed by atoms with E-state index in [0.717, 1.165) is 4.90 Å². The number of carbonyl (C=O) groups is 3. The van der Waals surface area contributed by atoms with Crippen LogP contribution in [0.5, 0.6) is 0 Å². The smallest absolute Gasteiger partial charge is 0.331 e. The van der Waals surface area contributed by atoms with Crippen LogP contribution in [0.25, 0.3) is 0 Å². The molecule has 114 valence electrons. The van der Waals surface area contributed by atoms with Gasteiger partial charge in [0.1, 0.15) is 0 Å². The Labute approximate surface area is 122 Å². The van der Waals surface area contributed by atoms with Crippen molar-refractivity contribution in [2.75, 3.05) is 32.8 Å². The minimum absolute atomic E-state index is 0.0410. The average Bonchev–Trinajstić information content (AvgIpc) is 2.44. The molecule has 2 rings (SSSR count). The zero-order chi connectivity index (χ0) is 15.4. The second-order valence-corrected chi connectivity index (χ2v) is 4.70. The van der Waals surface area contributed by atoms with Crippen LogP contribution in [0.4, 0.5) is 4.79 Å². The number of hydrogen-bond acceptors (Lipinski definition) is 6. The third kappa shape index (κ3) is 3.29. The van der Waals surface area contributed by atoms with Crippen LogP contribution in [0.15, 0.2) is 24.9 Å². The molecule has 8 nitrogen and oxygen atoms in total. The Morgan fingerprint density at radius 3 is 2.67 bits per heavy atom. The van der Waals surface area contributed by atoms with Gasteiger partial charge in [-0.25, -0.2) is 9.80 Å². The summed E-state index contributed by atoms with van der Waals surface area (Å²) in [5.41, 5.74) is 3.18. The third-order valence-corrected chi connectivity index (χ3v) is 3.22. The molecular formula is C13H18N4O4. The summed E-state index contributed by atoms with van der Waals surface area (Å²) in [5, 5.41) is 3.97. The van der Waals surface area contributed by atoms with E-state index in [1.54, 1.807) is 0 Å². The third-order valence-electron chi connectivity index (χ3n) is 3.22. The molecule has 2 heterocycles. The Morgan fingerprint density at radius 2 is 2.05 bits per heavy atom. The van der Waals surface area contributed by atoms with E-state index >= 15 is 0 Å². The van der Waals surface area contributed by atoms with Crippen LogP contribution >= 0.6 is 0 Å². The van der Waals surface area contributed by atoms with Gasteiger partial charge in [-0.05, 0) is 0 Å². The second-order valence-electron chi connectivity index (χ2n) is 4.70. The molecule has 2 aliphatic heterocycles. The van der Waals surface area contributed by atoms with Crippen molar-refractivity contribution in [2.24, 2.45) is 5.92 Å². The number of imide groups is 2. The van der Waals surface area contributed by atoms with Crippen LogP contribution in [0.1, 0.15) is 0 Å². The number of nitrogens with one attached hydrogen (secondary N) is 2. The van der Waals surface area contributed by atoms with E-state index in [-0.39, 0.29) is 12.2 Å². The van der Waals surface area contributed by atoms with Gasteiger partial charge in [0.25, 0.3) is 0 Å². The predicted molar refractivity (Wildman–Crippen MR) is 73.6 cm³/mol. The Bertz CT molecular complexity index is 485. The summed E-state index contributed by atoms with van der Waals surface area (Å²) in [6.45, 7) is 9.65. The molecule has 1 atom stereocenters. The normalized spacial score (nSPS) is 23.7. The van der Waals surface area contributed by atoms with Crippen LogP contribution in [0.2, 0.25) is 0 Å². The number of rotatable bonds is 5. The molecule has 2 saturated heterocycles. The standard InChI is InChI=1S/C13H18N4O4/c1-3-4-17-12(19)10(11(18)14-13(17)20)9(2)15-16-5-7-21-8-6-16/h3,10,15H,1-2,4-8H2,(H,14,18,20)/t10-/m1/s1. The summed E-state index contributed by atoms with van der Waals surface area (Å²) in [4.78, 5) is 36.7. The highest BCUT2D eigenvalue weighted by molar-refractivity contribution is 6.17. The molecular weight excluding hydrogens is 276 g/mol. The monoisotopic (exact) mass is 294 g/mol. The fraction of sp³-hybridized carbons (Fsp3) is 0.462. The molecule has 0 saturated carbocycles. The number of hydrazine groups is 1. The number of hydrogen-bond donors (Lipinski definition) is 2. The summed E-state index contributed by atoms with van der Waals surface area (Å²) in [7, 11) is 0. The van der Waals surface area contributed by atoms with Gasteiger partial charge in [-0.1, -0.05) is 12.7 Å². The summed E-state index contributed by atoms with van der Waals surface area (Å²) >= 11 is 0. The van der Waals surface area contributed by atoms with E-state index in [1.807, 2.05) is 5.01 Å². The van der Waals surface area contributed by atoms with Crippen molar-refractivity contribution in [3.8, 4) is 0 Å². The van der Waals surface area contributed by atoms with Gasteiger partial charge in [0.05, 0.1) is 13.2 Å². The molecule has 0 aromatic carbocycles. The van der Waals surface area contributed by atoms with Crippen molar-refractivity contribution in [1.82, 2.24) is 20.7 Å². The van der Waals surface area contributed by atoms with Crippen LogP contribution in [0, 0.1) is 5.92 Å². The van der Waals surface area contributed by atoms with Gasteiger partial charge in [0.2, 0.25) is 11.8 Å². The van der Waals surface area contributed by atoms with Crippen molar-refractivity contribution < 1.29 is 19.1 Å². The summed E-state index contributed by atoms with van der Waals surface area (Å²) in [5.74, 6) is -2.41. The molecule has 2 aliphatic rings. The number of carbonyl (C=O) groups excluding carboxylic acids is 3. The maximum Gasteiger partial charge on any atom is 0.331 e. The number of ether oxygens (including phenoxy) is 1. The van der Waals surface area contributed by atoms with Gasteiger partial charge < -0.3 is 10.2 Å². The lowest BCUT2D eigenvalue weighted by atomic mass is 10.0. The van der Waals surface area contributed by atoms with Gasteiger partial charge in [-0.15, -0.1) is 6.58 Å². The molecule has 4 amide bonds. The summed E-state index contributed by atoms with van der Waals surface area (Å²) in [6.07, 6.45) is 1.42. The zero-order valence-electron chi connectivity index (χ0n) is 11.6. The maximum atomic E-state index is 12.3. The van der Waals surface area contributed by atoms with Gasteiger partial charge in [0, 0.05) is 25.3 Å². The molecule has 2 N–H and O–H groups in total. The Balaban J connectivity index is 2.06. The Kier molecular flexibility index (Phi) is 4.71. The Morgan fingerprint density at radius 1 is 1.38 bits per heavy atom. The number of barbiturate groups is 1. The molecule has 0 aliphatic carbocycles. The SMILES string of the molecule is C=CCN1C(=O)NC(=O)[C@@H](C(=C)NN2CCOCC2)C1=O. The van der Waals surface area contributed by atoms with E-state index < -0.39 is 23.8 Å². The molecule has 8 heteroatoms. The van der Waals surface area contributed by atoms with Crippen molar-refractivity contribution >= 4 is 17.8 Å². The lowest BCUT2D eigenvalue weighted by Crippen LogP contribution is -2.60. The predicted octanol–water partition coefficient (Wildman–Crippen LogP) is -0.782. The molecule has 0 aromatic heterocycles. The Hall–Kier alpha value is -2.19. The van der Waals surface area contributed by atoms with Crippen molar-refractivity contribution in [3.05, 3.63) is 24.9 Å². The lowest BCUT2D eigenvalue weighted by Gasteiger charge is -2.34. The van der Waals surface area contributed by atoms with Gasteiger partial charge in [-0.2, -0.15) is 0 Å². The fourth-order valence-corrected chi connectivity index (χ4v) is 2.17. The van der Waals surface area contributed by atoms with E-state index in [0.29, 0.717) is 26.3 Å². The number of amides is 4. The number of urea groups is 1. The first-order chi connectivity index (χ1) is 10.0. The fourth-order valence-electron chi connectivity index (χ4n) is 2.17. The van der Waals surface area contributed by atoms with Crippen LogP contribution in [-0.4, -0.2) is 60.6 Å². The highest BCUT2D eigenvalue weighted by Crippen LogP contribution is 2.16. The lowest BCUT2D eigenvalue weighted by molar-refractivity contribution is -0.141. The van der Waals surface area contributed by atoms with Gasteiger partial charge >= 0.3 is 6.03 Å². The van der Waals surface area contributed by atoms with Crippen LogP contribution in [0.3, 0.4) is 0 Å². The minimum Gasteiger partial charge on any atom is -0.379 e. The zero-order valence-corrected chi connectivity index (χ0v) is 11.6. The first-order valence-corrected chi connectivity index (χ1v) is 6.60. The molecule has 21 heavy (non-hydrogen) atoms. The number of nitrogens with zero attached hydrogens (tertiary/aromatic N) is 2. The molecule has 0 radical (unpaired) electrons. The van der Waals surface area contributed by atoms with Crippen molar-refractivity contribution in [3.63, 3.8) is 0 Å². The molecule has 0 spiro atoms. The largest absolute Gasteiger partial charge is 0.379 e. The summed E-state index contributed by atoms with van der Waals surface area (Å²) in [6, 6.07) is -0.736. The maximum absolute atomic E-state index is 12.3. The first kappa shape index (κ1) is 15.2. The van der Waals surface area contributed by atoms with Crippen molar-refractivity contribution in [1.29, 1.82) is 0 Å². The minimum atomic E-state index is -1.13. The molecule has 0 unspecified atom stereocenters. The second kappa shape index (κ2) is 6.51. The molecule has 0 bridgehead atoms. The highest BCUT2D eigenvalue weighted by Gasteiger charge is 2.42. The van der Waals surface area contributed by atoms with Gasteiger partial charge in [-0.3, -0.25) is 19.8 Å².